The lowest BCUT2D eigenvalue weighted by Gasteiger charge is -2.03. The molecule has 0 atom stereocenters. The quantitative estimate of drug-likeness (QED) is 0.766. The van der Waals surface area contributed by atoms with Crippen molar-refractivity contribution in [2.75, 3.05) is 0 Å². The summed E-state index contributed by atoms with van der Waals surface area (Å²) in [4.78, 5) is 11.5. The number of aryl methyl sites for hydroxylation is 1. The van der Waals surface area contributed by atoms with Crippen molar-refractivity contribution < 1.29 is 4.79 Å². The molecule has 1 nitrogen and oxygen atoms in total. The van der Waals surface area contributed by atoms with Gasteiger partial charge in [0.15, 0.2) is 5.78 Å². The van der Waals surface area contributed by atoms with Crippen molar-refractivity contribution in [2.24, 2.45) is 0 Å². The van der Waals surface area contributed by atoms with E-state index in [2.05, 4.69) is 32.8 Å². The zero-order valence-electron chi connectivity index (χ0n) is 8.50. The molecule has 80 valence electrons. The number of hydrogen-bond donors (Lipinski definition) is 0. The summed E-state index contributed by atoms with van der Waals surface area (Å²) in [7, 11) is 0. The summed E-state index contributed by atoms with van der Waals surface area (Å²) < 4.78 is 1.13. The summed E-state index contributed by atoms with van der Waals surface area (Å²) in [5.74, 6) is 0.283. The first-order valence-electron chi connectivity index (χ1n) is 5.14. The fourth-order valence-corrected chi connectivity index (χ4v) is 3.64. The Bertz CT molecular complexity index is 571. The smallest absolute Gasteiger partial charge is 0.163 e. The minimum absolute atomic E-state index is 0.283. The van der Waals surface area contributed by atoms with Crippen molar-refractivity contribution >= 4 is 33.0 Å². The molecule has 0 saturated heterocycles. The number of hydrogen-bond acceptors (Lipinski definition) is 2. The van der Waals surface area contributed by atoms with Gasteiger partial charge in [0, 0.05) is 27.4 Å². The molecule has 16 heavy (non-hydrogen) atoms. The fraction of sp³-hybridized carbons (Fsp3) is 0.154. The molecule has 3 rings (SSSR count). The van der Waals surface area contributed by atoms with Gasteiger partial charge < -0.3 is 0 Å². The number of carbonyl (C=O) groups is 1. The van der Waals surface area contributed by atoms with E-state index in [-0.39, 0.29) is 5.78 Å². The van der Waals surface area contributed by atoms with Gasteiger partial charge in [-0.1, -0.05) is 18.2 Å². The molecule has 1 aliphatic rings. The van der Waals surface area contributed by atoms with Crippen molar-refractivity contribution in [3.63, 3.8) is 0 Å². The Hall–Kier alpha value is -0.930. The number of ketones is 1. The fourth-order valence-electron chi connectivity index (χ4n) is 2.11. The van der Waals surface area contributed by atoms with Crippen LogP contribution in [-0.2, 0) is 6.42 Å². The minimum atomic E-state index is 0.283. The molecule has 1 aromatic carbocycles. The molecule has 1 aliphatic carbocycles. The van der Waals surface area contributed by atoms with Gasteiger partial charge in [-0.25, -0.2) is 0 Å². The average Bonchev–Trinajstić information content (AvgIpc) is 2.86. The van der Waals surface area contributed by atoms with Gasteiger partial charge >= 0.3 is 0 Å². The van der Waals surface area contributed by atoms with Gasteiger partial charge in [0.1, 0.15) is 0 Å². The van der Waals surface area contributed by atoms with Crippen LogP contribution in [0.2, 0.25) is 0 Å². The lowest BCUT2D eigenvalue weighted by atomic mass is 10.0. The van der Waals surface area contributed by atoms with Gasteiger partial charge in [-0.2, -0.15) is 11.3 Å². The molecule has 0 spiro atoms. The molecule has 0 saturated carbocycles. The first kappa shape index (κ1) is 10.2. The molecule has 1 aromatic heterocycles. The Morgan fingerprint density at radius 3 is 2.75 bits per heavy atom. The van der Waals surface area contributed by atoms with E-state index in [9.17, 15) is 4.79 Å². The van der Waals surface area contributed by atoms with E-state index < -0.39 is 0 Å². The van der Waals surface area contributed by atoms with Gasteiger partial charge in [-0.3, -0.25) is 4.79 Å². The monoisotopic (exact) mass is 292 g/mol. The summed E-state index contributed by atoms with van der Waals surface area (Å²) >= 11 is 5.22. The lowest BCUT2D eigenvalue weighted by molar-refractivity contribution is 0.0994. The average molecular weight is 293 g/mol. The van der Waals surface area contributed by atoms with Crippen LogP contribution in [0.25, 0.3) is 11.1 Å². The van der Waals surface area contributed by atoms with Crippen LogP contribution in [0.4, 0.5) is 0 Å². The highest BCUT2D eigenvalue weighted by Crippen LogP contribution is 2.34. The zero-order chi connectivity index (χ0) is 11.1. The van der Waals surface area contributed by atoms with E-state index in [0.29, 0.717) is 6.42 Å². The Balaban J connectivity index is 2.12. The minimum Gasteiger partial charge on any atom is -0.294 e. The Labute approximate surface area is 106 Å². The van der Waals surface area contributed by atoms with Gasteiger partial charge in [0.25, 0.3) is 0 Å². The maximum Gasteiger partial charge on any atom is 0.163 e. The van der Waals surface area contributed by atoms with E-state index in [0.717, 1.165) is 16.5 Å². The van der Waals surface area contributed by atoms with Gasteiger partial charge in [0.05, 0.1) is 0 Å². The number of Topliss-reactive ketones (excluding diaryl/α,β-unsaturated/α-hetero) is 1. The molecule has 0 N–H and O–H groups in total. The summed E-state index contributed by atoms with van der Waals surface area (Å²) in [5.41, 5.74) is 4.52. The Kier molecular flexibility index (Phi) is 2.45. The summed E-state index contributed by atoms with van der Waals surface area (Å²) in [6, 6.07) is 6.14. The molecule has 0 aliphatic heterocycles. The third-order valence-corrected chi connectivity index (χ3v) is 4.66. The van der Waals surface area contributed by atoms with E-state index in [4.69, 9.17) is 0 Å². The molecule has 0 unspecified atom stereocenters. The van der Waals surface area contributed by atoms with Crippen molar-refractivity contribution in [1.29, 1.82) is 0 Å². The van der Waals surface area contributed by atoms with Crippen molar-refractivity contribution in [3.8, 4) is 11.1 Å². The second-order valence-corrected chi connectivity index (χ2v) is 5.53. The number of carbonyl (C=O) groups excluding carboxylic acids is 1. The highest BCUT2D eigenvalue weighted by atomic mass is 79.9. The second-order valence-electron chi connectivity index (χ2n) is 3.93. The van der Waals surface area contributed by atoms with Gasteiger partial charge in [-0.15, -0.1) is 0 Å². The molecule has 0 radical (unpaired) electrons. The van der Waals surface area contributed by atoms with Crippen LogP contribution in [0.15, 0.2) is 33.4 Å². The molecule has 0 amide bonds. The number of halogens is 1. The summed E-state index contributed by atoms with van der Waals surface area (Å²) in [6.45, 7) is 0. The molecule has 0 bridgehead atoms. The van der Waals surface area contributed by atoms with Crippen LogP contribution in [-0.4, -0.2) is 5.78 Å². The molecule has 0 fully saturated rings. The van der Waals surface area contributed by atoms with Crippen LogP contribution < -0.4 is 0 Å². The largest absolute Gasteiger partial charge is 0.294 e. The van der Waals surface area contributed by atoms with E-state index >= 15 is 0 Å². The standard InChI is InChI=1S/C13H9BrOS/c14-12-7-16-6-11(12)9-1-3-10-8(5-9)2-4-13(10)15/h1,3,5-7H,2,4H2. The van der Waals surface area contributed by atoms with Crippen molar-refractivity contribution in [1.82, 2.24) is 0 Å². The van der Waals surface area contributed by atoms with Crippen molar-refractivity contribution in [3.05, 3.63) is 44.6 Å². The van der Waals surface area contributed by atoms with Crippen LogP contribution in [0.1, 0.15) is 22.3 Å². The first-order chi connectivity index (χ1) is 7.75. The maximum atomic E-state index is 11.5. The molecular weight excluding hydrogens is 284 g/mol. The third-order valence-electron chi connectivity index (χ3n) is 2.95. The number of rotatable bonds is 1. The van der Waals surface area contributed by atoms with Crippen LogP contribution in [0, 0.1) is 0 Å². The summed E-state index contributed by atoms with van der Waals surface area (Å²) in [5, 5.41) is 4.20. The highest BCUT2D eigenvalue weighted by molar-refractivity contribution is 9.10. The Morgan fingerprint density at radius 1 is 1.12 bits per heavy atom. The van der Waals surface area contributed by atoms with Gasteiger partial charge in [-0.05, 0) is 38.9 Å². The number of benzene rings is 1. The maximum absolute atomic E-state index is 11.5. The topological polar surface area (TPSA) is 17.1 Å². The first-order valence-corrected chi connectivity index (χ1v) is 6.87. The van der Waals surface area contributed by atoms with E-state index in [1.807, 2.05) is 12.1 Å². The molecule has 3 heteroatoms. The molecule has 1 heterocycles. The van der Waals surface area contributed by atoms with Gasteiger partial charge in [0.2, 0.25) is 0 Å². The van der Waals surface area contributed by atoms with Crippen LogP contribution >= 0.6 is 27.3 Å². The predicted octanol–water partition coefficient (Wildman–Crippen LogP) is 4.31. The second kappa shape index (κ2) is 3.82. The molecule has 2 aromatic rings. The zero-order valence-corrected chi connectivity index (χ0v) is 10.9. The number of fused-ring (bicyclic) bond motifs is 1. The van der Waals surface area contributed by atoms with Crippen molar-refractivity contribution in [2.45, 2.75) is 12.8 Å². The normalized spacial score (nSPS) is 14.2. The lowest BCUT2D eigenvalue weighted by Crippen LogP contribution is -1.90. The highest BCUT2D eigenvalue weighted by Gasteiger charge is 2.19. The summed E-state index contributed by atoms with van der Waals surface area (Å²) in [6.07, 6.45) is 1.56. The van der Waals surface area contributed by atoms with E-state index in [1.165, 1.54) is 16.7 Å². The third kappa shape index (κ3) is 1.55. The Morgan fingerprint density at radius 2 is 2.00 bits per heavy atom. The number of thiophene rings is 1. The predicted molar refractivity (Wildman–Crippen MR) is 70.1 cm³/mol. The molecular formula is C13H9BrOS. The van der Waals surface area contributed by atoms with Crippen LogP contribution in [0.3, 0.4) is 0 Å². The van der Waals surface area contributed by atoms with E-state index in [1.54, 1.807) is 11.3 Å². The SMILES string of the molecule is O=C1CCc2cc(-c3cscc3Br)ccc21. The van der Waals surface area contributed by atoms with Crippen LogP contribution in [0.5, 0.6) is 0 Å².